The predicted molar refractivity (Wildman–Crippen MR) is 103 cm³/mol. The number of aromatic nitrogens is 1. The summed E-state index contributed by atoms with van der Waals surface area (Å²) in [5.41, 5.74) is 12.5. The summed E-state index contributed by atoms with van der Waals surface area (Å²) >= 11 is 0. The zero-order valence-corrected chi connectivity index (χ0v) is 15.9. The molecule has 4 atom stereocenters. The van der Waals surface area contributed by atoms with E-state index in [9.17, 15) is 23.1 Å². The van der Waals surface area contributed by atoms with Crippen LogP contribution in [0.2, 0.25) is 0 Å². The van der Waals surface area contributed by atoms with Gasteiger partial charge in [0.2, 0.25) is 5.91 Å². The number of alkyl halides is 3. The molecule has 1 aliphatic heterocycles. The van der Waals surface area contributed by atoms with E-state index in [2.05, 4.69) is 10.3 Å². The number of hydrogen-bond donors (Lipinski definition) is 4. The summed E-state index contributed by atoms with van der Waals surface area (Å²) in [5, 5.41) is 13.0. The summed E-state index contributed by atoms with van der Waals surface area (Å²) in [6.45, 7) is 2.95. The van der Waals surface area contributed by atoms with Gasteiger partial charge in [-0.05, 0) is 30.5 Å². The monoisotopic (exact) mass is 411 g/mol. The lowest BCUT2D eigenvalue weighted by Crippen LogP contribution is -2.57. The number of anilines is 1. The molecule has 1 saturated heterocycles. The highest BCUT2D eigenvalue weighted by Crippen LogP contribution is 2.32. The first-order chi connectivity index (χ1) is 13.6. The quantitative estimate of drug-likeness (QED) is 0.565. The van der Waals surface area contributed by atoms with Gasteiger partial charge in [0.25, 0.3) is 0 Å². The van der Waals surface area contributed by atoms with Crippen molar-refractivity contribution in [2.45, 2.75) is 37.8 Å². The highest BCUT2D eigenvalue weighted by Gasteiger charge is 2.43. The van der Waals surface area contributed by atoms with Gasteiger partial charge < -0.3 is 26.8 Å². The van der Waals surface area contributed by atoms with Crippen LogP contribution < -0.4 is 21.7 Å². The van der Waals surface area contributed by atoms with E-state index < -0.39 is 30.4 Å². The standard InChI is InChI=1S/C19H24F3N5O2/c1-10-7-11(26-18(29)16(23)19(20,21)22)9-27(8-10)14-5-4-13(17(24)28)15-12(14)3-2-6-25-15/h2-6,10-11,16-17,28H,7-9,23-24H2,1H3,(H,26,29)/t10-,11+,16?,17?/m0/s1. The first-order valence-corrected chi connectivity index (χ1v) is 9.26. The third kappa shape index (κ3) is 4.60. The minimum Gasteiger partial charge on any atom is -0.374 e. The molecular weight excluding hydrogens is 387 g/mol. The molecule has 1 fully saturated rings. The number of nitrogens with two attached hydrogens (primary N) is 2. The number of hydrogen-bond acceptors (Lipinski definition) is 6. The Morgan fingerprint density at radius 3 is 2.69 bits per heavy atom. The smallest absolute Gasteiger partial charge is 0.374 e. The fraction of sp³-hybridized carbons (Fsp3) is 0.474. The first-order valence-electron chi connectivity index (χ1n) is 9.26. The molecule has 1 amide bonds. The number of fused-ring (bicyclic) bond motifs is 1. The topological polar surface area (TPSA) is 118 Å². The molecule has 2 aromatic rings. The summed E-state index contributed by atoms with van der Waals surface area (Å²) in [5.74, 6) is -1.10. The third-order valence-corrected chi connectivity index (χ3v) is 5.08. The Labute approximate surface area is 165 Å². The Morgan fingerprint density at radius 1 is 1.31 bits per heavy atom. The van der Waals surface area contributed by atoms with Crippen LogP contribution >= 0.6 is 0 Å². The van der Waals surface area contributed by atoms with Crippen LogP contribution in [-0.4, -0.2) is 47.3 Å². The number of piperidine rings is 1. The molecule has 0 radical (unpaired) electrons. The van der Waals surface area contributed by atoms with E-state index >= 15 is 0 Å². The zero-order chi connectivity index (χ0) is 21.3. The molecule has 3 rings (SSSR count). The van der Waals surface area contributed by atoms with E-state index in [0.29, 0.717) is 30.6 Å². The second-order valence-corrected chi connectivity index (χ2v) is 7.49. The fourth-order valence-electron chi connectivity index (χ4n) is 3.79. The molecule has 10 heteroatoms. The number of halogens is 3. The van der Waals surface area contributed by atoms with E-state index in [1.165, 1.54) is 0 Å². The SMILES string of the molecule is C[C@H]1C[C@@H](NC(=O)C(N)C(F)(F)F)CN(c2ccc(C(N)O)c3ncccc23)C1. The average molecular weight is 411 g/mol. The normalized spacial score (nSPS) is 22.4. The lowest BCUT2D eigenvalue weighted by Gasteiger charge is -2.39. The molecule has 0 bridgehead atoms. The number of carbonyl (C=O) groups excluding carboxylic acids is 1. The van der Waals surface area contributed by atoms with E-state index in [1.807, 2.05) is 17.9 Å². The van der Waals surface area contributed by atoms with Gasteiger partial charge in [0, 0.05) is 42.0 Å². The maximum absolute atomic E-state index is 12.7. The van der Waals surface area contributed by atoms with Crippen molar-refractivity contribution in [1.82, 2.24) is 10.3 Å². The van der Waals surface area contributed by atoms with E-state index in [0.717, 1.165) is 11.1 Å². The van der Waals surface area contributed by atoms with E-state index in [-0.39, 0.29) is 5.92 Å². The minimum absolute atomic E-state index is 0.127. The lowest BCUT2D eigenvalue weighted by molar-refractivity contribution is -0.163. The average Bonchev–Trinajstić information content (AvgIpc) is 2.65. The van der Waals surface area contributed by atoms with E-state index in [1.54, 1.807) is 24.4 Å². The number of aliphatic hydroxyl groups is 1. The number of pyridine rings is 1. The Balaban J connectivity index is 1.86. The Bertz CT molecular complexity index is 890. The number of aliphatic hydroxyl groups excluding tert-OH is 1. The molecule has 2 unspecified atom stereocenters. The van der Waals surface area contributed by atoms with Crippen molar-refractivity contribution in [3.8, 4) is 0 Å². The van der Waals surface area contributed by atoms with Gasteiger partial charge >= 0.3 is 6.18 Å². The van der Waals surface area contributed by atoms with Crippen molar-refractivity contribution in [3.05, 3.63) is 36.0 Å². The Hall–Kier alpha value is -2.43. The fourth-order valence-corrected chi connectivity index (χ4v) is 3.79. The highest BCUT2D eigenvalue weighted by atomic mass is 19.4. The molecule has 1 aromatic heterocycles. The van der Waals surface area contributed by atoms with Crippen LogP contribution in [0.3, 0.4) is 0 Å². The van der Waals surface area contributed by atoms with Crippen molar-refractivity contribution < 1.29 is 23.1 Å². The number of rotatable bonds is 4. The van der Waals surface area contributed by atoms with Crippen molar-refractivity contribution >= 4 is 22.5 Å². The highest BCUT2D eigenvalue weighted by molar-refractivity contribution is 5.94. The number of benzene rings is 1. The predicted octanol–water partition coefficient (Wildman–Crippen LogP) is 1.40. The number of nitrogens with one attached hydrogen (secondary N) is 1. The molecule has 7 nitrogen and oxygen atoms in total. The number of amides is 1. The second-order valence-electron chi connectivity index (χ2n) is 7.49. The van der Waals surface area contributed by atoms with Gasteiger partial charge in [-0.15, -0.1) is 0 Å². The van der Waals surface area contributed by atoms with Gasteiger partial charge in [0.15, 0.2) is 6.04 Å². The summed E-state index contributed by atoms with van der Waals surface area (Å²) < 4.78 is 38.1. The number of carbonyl (C=O) groups is 1. The molecule has 0 aliphatic carbocycles. The minimum atomic E-state index is -4.79. The second kappa shape index (κ2) is 8.13. The molecule has 29 heavy (non-hydrogen) atoms. The van der Waals surface area contributed by atoms with Crippen molar-refractivity contribution in [2.24, 2.45) is 17.4 Å². The molecule has 6 N–H and O–H groups in total. The molecule has 0 saturated carbocycles. The summed E-state index contributed by atoms with van der Waals surface area (Å²) in [6.07, 6.45) is -3.83. The van der Waals surface area contributed by atoms with Gasteiger partial charge in [-0.1, -0.05) is 13.0 Å². The summed E-state index contributed by atoms with van der Waals surface area (Å²) in [4.78, 5) is 18.2. The molecule has 158 valence electrons. The number of nitrogens with zero attached hydrogens (tertiary/aromatic N) is 2. The van der Waals surface area contributed by atoms with Crippen LogP contribution in [0.15, 0.2) is 30.5 Å². The molecule has 1 aliphatic rings. The maximum atomic E-state index is 12.7. The van der Waals surface area contributed by atoms with Crippen molar-refractivity contribution in [2.75, 3.05) is 18.0 Å². The van der Waals surface area contributed by atoms with E-state index in [4.69, 9.17) is 11.5 Å². The van der Waals surface area contributed by atoms with Crippen molar-refractivity contribution in [3.63, 3.8) is 0 Å². The first kappa shape index (κ1) is 21.3. The zero-order valence-electron chi connectivity index (χ0n) is 15.9. The van der Waals surface area contributed by atoms with Crippen LogP contribution in [0.4, 0.5) is 18.9 Å². The largest absolute Gasteiger partial charge is 0.412 e. The van der Waals surface area contributed by atoms with Crippen LogP contribution in [0.5, 0.6) is 0 Å². The van der Waals surface area contributed by atoms with Crippen LogP contribution in [0.1, 0.15) is 25.1 Å². The molecular formula is C19H24F3N5O2. The summed E-state index contributed by atoms with van der Waals surface area (Å²) in [6, 6.07) is 4.05. The Morgan fingerprint density at radius 2 is 2.03 bits per heavy atom. The van der Waals surface area contributed by atoms with Gasteiger partial charge in [0.05, 0.1) is 5.52 Å². The molecule has 0 spiro atoms. The molecule has 1 aromatic carbocycles. The third-order valence-electron chi connectivity index (χ3n) is 5.08. The van der Waals surface area contributed by atoms with Gasteiger partial charge in [-0.2, -0.15) is 13.2 Å². The van der Waals surface area contributed by atoms with Gasteiger partial charge in [0.1, 0.15) is 6.23 Å². The van der Waals surface area contributed by atoms with Gasteiger partial charge in [-0.25, -0.2) is 0 Å². The van der Waals surface area contributed by atoms with Crippen LogP contribution in [-0.2, 0) is 4.79 Å². The Kier molecular flexibility index (Phi) is 5.97. The lowest BCUT2D eigenvalue weighted by atomic mass is 9.94. The van der Waals surface area contributed by atoms with Gasteiger partial charge in [-0.3, -0.25) is 9.78 Å². The summed E-state index contributed by atoms with van der Waals surface area (Å²) in [7, 11) is 0. The van der Waals surface area contributed by atoms with Crippen molar-refractivity contribution in [1.29, 1.82) is 0 Å². The molecule has 2 heterocycles. The van der Waals surface area contributed by atoms with Crippen LogP contribution in [0, 0.1) is 5.92 Å². The maximum Gasteiger partial charge on any atom is 0.412 e. The van der Waals surface area contributed by atoms with Crippen LogP contribution in [0.25, 0.3) is 10.9 Å².